The molecule has 5 atom stereocenters. The number of nitrogens with zero attached hydrogens (tertiary/aromatic N) is 1. The smallest absolute Gasteiger partial charge is 0.287 e. The number of ketones is 1. The van der Waals surface area contributed by atoms with E-state index < -0.39 is 35.1 Å². The van der Waals surface area contributed by atoms with E-state index >= 15 is 0 Å². The molecule has 5 unspecified atom stereocenters. The molecular weight excluding hydrogens is 638 g/mol. The highest BCUT2D eigenvalue weighted by atomic mass is 79.9. The number of amides is 4. The summed E-state index contributed by atoms with van der Waals surface area (Å²) in [5.74, 6) is -1.46. The first kappa shape index (κ1) is 32.6. The van der Waals surface area contributed by atoms with Gasteiger partial charge in [-0.15, -0.1) is 11.3 Å². The second kappa shape index (κ2) is 14.9. The number of hydrogen-bond acceptors (Lipinski definition) is 7. The molecule has 0 spiro atoms. The van der Waals surface area contributed by atoms with Crippen LogP contribution in [0.15, 0.2) is 39.0 Å². The third-order valence-corrected chi connectivity index (χ3v) is 9.92. The van der Waals surface area contributed by atoms with Crippen molar-refractivity contribution in [1.82, 2.24) is 20.5 Å². The van der Waals surface area contributed by atoms with Crippen molar-refractivity contribution >= 4 is 62.4 Å². The molecule has 0 aliphatic heterocycles. The second-order valence-corrected chi connectivity index (χ2v) is 13.2. The number of Topliss-reactive ketones (excluding diaryl/α,β-unsaturated/α-hetero) is 1. The molecule has 0 aromatic carbocycles. The molecule has 0 radical (unpaired) electrons. The minimum absolute atomic E-state index is 0.0744. The van der Waals surface area contributed by atoms with Gasteiger partial charge >= 0.3 is 0 Å². The van der Waals surface area contributed by atoms with Gasteiger partial charge in [-0.3, -0.25) is 28.8 Å². The van der Waals surface area contributed by atoms with Gasteiger partial charge < -0.3 is 25.8 Å². The van der Waals surface area contributed by atoms with Crippen LogP contribution in [-0.2, 0) is 25.7 Å². The van der Waals surface area contributed by atoms with E-state index in [1.54, 1.807) is 24.4 Å². The number of nitrogens with one attached hydrogen (secondary N) is 4. The summed E-state index contributed by atoms with van der Waals surface area (Å²) < 4.78 is 1.93. The zero-order valence-electron chi connectivity index (χ0n) is 24.3. The zero-order valence-corrected chi connectivity index (χ0v) is 26.7. The molecule has 2 saturated carbocycles. The van der Waals surface area contributed by atoms with Gasteiger partial charge in [0.05, 0.1) is 4.88 Å². The number of halogens is 1. The van der Waals surface area contributed by atoms with Gasteiger partial charge in [0.25, 0.3) is 17.4 Å². The summed E-state index contributed by atoms with van der Waals surface area (Å²) in [6.45, 7) is 3.93. The van der Waals surface area contributed by atoms with Crippen LogP contribution in [0.3, 0.4) is 0 Å². The summed E-state index contributed by atoms with van der Waals surface area (Å²) in [7, 11) is 0. The van der Waals surface area contributed by atoms with E-state index in [0.29, 0.717) is 21.2 Å². The molecule has 2 aromatic rings. The van der Waals surface area contributed by atoms with Crippen LogP contribution in [0.1, 0.15) is 68.5 Å². The van der Waals surface area contributed by atoms with Crippen LogP contribution in [0.2, 0.25) is 0 Å². The largest absolute Gasteiger partial charge is 0.351 e. The van der Waals surface area contributed by atoms with Crippen molar-refractivity contribution in [2.45, 2.75) is 77.4 Å². The maximum absolute atomic E-state index is 13.3. The van der Waals surface area contributed by atoms with Gasteiger partial charge in [-0.05, 0) is 84.5 Å². The molecule has 232 valence electrons. The minimum atomic E-state index is -1.21. The average Bonchev–Trinajstić information content (AvgIpc) is 3.41. The topological polar surface area (TPSA) is 155 Å². The van der Waals surface area contributed by atoms with Crippen molar-refractivity contribution < 1.29 is 24.0 Å². The number of anilines is 1. The van der Waals surface area contributed by atoms with Crippen LogP contribution in [0, 0.1) is 17.8 Å². The average molecular weight is 677 g/mol. The van der Waals surface area contributed by atoms with Gasteiger partial charge in [0.1, 0.15) is 18.3 Å². The molecular formula is C30H38BrN5O6S. The molecule has 2 fully saturated rings. The van der Waals surface area contributed by atoms with Crippen molar-refractivity contribution in [2.24, 2.45) is 17.8 Å². The van der Waals surface area contributed by atoms with Crippen molar-refractivity contribution in [3.63, 3.8) is 0 Å². The highest BCUT2D eigenvalue weighted by molar-refractivity contribution is 9.10. The summed E-state index contributed by atoms with van der Waals surface area (Å²) in [6, 6.07) is 3.42. The zero-order chi connectivity index (χ0) is 31.1. The molecule has 4 rings (SSSR count). The van der Waals surface area contributed by atoms with E-state index in [1.165, 1.54) is 41.0 Å². The van der Waals surface area contributed by atoms with Gasteiger partial charge in [0, 0.05) is 35.1 Å². The van der Waals surface area contributed by atoms with E-state index in [-0.39, 0.29) is 43.6 Å². The number of carbonyl (C=O) groups is 5. The van der Waals surface area contributed by atoms with E-state index in [9.17, 15) is 28.8 Å². The van der Waals surface area contributed by atoms with E-state index in [4.69, 9.17) is 0 Å². The molecule has 4 N–H and O–H groups in total. The standard InChI is InChI=1S/C30H38BrN5O6S/c1-3-32-28(40)23(37)10-9-21(33-29(41)24-14-20(31)16-43-24)27(39)34-22-8-5-11-36(30(22)42)15-25(38)35-26-17(2)12-18-6-4-7-19(26)13-18/h5,8,11,14,16-19,21,26H,3-4,6-7,9-10,12-13,15H2,1-2H3,(H,32,40)(H,33,41)(H,34,39)(H,35,38). The maximum Gasteiger partial charge on any atom is 0.287 e. The fraction of sp³-hybridized carbons (Fsp3) is 0.533. The number of aromatic nitrogens is 1. The van der Waals surface area contributed by atoms with Crippen molar-refractivity contribution in [2.75, 3.05) is 11.9 Å². The lowest BCUT2D eigenvalue weighted by Gasteiger charge is -2.44. The Balaban J connectivity index is 1.43. The number of thiophene rings is 1. The minimum Gasteiger partial charge on any atom is -0.351 e. The van der Waals surface area contributed by atoms with E-state index in [2.05, 4.69) is 44.1 Å². The molecule has 2 heterocycles. The Morgan fingerprint density at radius 1 is 1.16 bits per heavy atom. The normalized spacial score (nSPS) is 21.7. The monoisotopic (exact) mass is 675 g/mol. The summed E-state index contributed by atoms with van der Waals surface area (Å²) in [5, 5.41) is 12.4. The molecule has 2 aliphatic carbocycles. The molecule has 43 heavy (non-hydrogen) atoms. The first-order chi connectivity index (χ1) is 20.5. The molecule has 11 nitrogen and oxygen atoms in total. The van der Waals surface area contributed by atoms with Gasteiger partial charge in [0.15, 0.2) is 0 Å². The number of rotatable bonds is 12. The molecule has 2 bridgehead atoms. The number of hydrogen-bond donors (Lipinski definition) is 4. The lowest BCUT2D eigenvalue weighted by Crippen LogP contribution is -2.50. The first-order valence-electron chi connectivity index (χ1n) is 14.7. The van der Waals surface area contributed by atoms with Gasteiger partial charge in [-0.25, -0.2) is 0 Å². The van der Waals surface area contributed by atoms with Crippen molar-refractivity contribution in [3.05, 3.63) is 49.5 Å². The summed E-state index contributed by atoms with van der Waals surface area (Å²) >= 11 is 4.46. The number of fused-ring (bicyclic) bond motifs is 2. The molecule has 2 aliphatic rings. The van der Waals surface area contributed by atoms with E-state index in [0.717, 1.165) is 25.2 Å². The summed E-state index contributed by atoms with van der Waals surface area (Å²) in [5.41, 5.74) is -0.652. The predicted octanol–water partition coefficient (Wildman–Crippen LogP) is 3.23. The second-order valence-electron chi connectivity index (χ2n) is 11.4. The van der Waals surface area contributed by atoms with Gasteiger partial charge in [-0.2, -0.15) is 0 Å². The Morgan fingerprint density at radius 2 is 1.95 bits per heavy atom. The Hall–Kier alpha value is -3.32. The SMILES string of the molecule is CCNC(=O)C(=O)CCC(NC(=O)c1cc(Br)cs1)C(=O)Nc1cccn(CC(=O)NC2C(C)CC3CCCC2C3)c1=O. The summed E-state index contributed by atoms with van der Waals surface area (Å²) in [6.07, 6.45) is 6.80. The first-order valence-corrected chi connectivity index (χ1v) is 16.4. The fourth-order valence-corrected chi connectivity index (χ4v) is 7.54. The molecule has 2 aromatic heterocycles. The van der Waals surface area contributed by atoms with Crippen LogP contribution in [-0.4, -0.2) is 52.6 Å². The van der Waals surface area contributed by atoms with Crippen LogP contribution in [0.25, 0.3) is 0 Å². The third kappa shape index (κ3) is 8.62. The van der Waals surface area contributed by atoms with Crippen molar-refractivity contribution in [3.8, 4) is 0 Å². The number of likely N-dealkylation sites (N-methyl/N-ethyl adjacent to an activating group) is 1. The van der Waals surface area contributed by atoms with Crippen LogP contribution < -0.4 is 26.8 Å². The van der Waals surface area contributed by atoms with Crippen molar-refractivity contribution in [1.29, 1.82) is 0 Å². The Labute approximate surface area is 262 Å². The predicted molar refractivity (Wildman–Crippen MR) is 167 cm³/mol. The molecule has 13 heteroatoms. The fourth-order valence-electron chi connectivity index (χ4n) is 6.21. The van der Waals surface area contributed by atoms with E-state index in [1.807, 2.05) is 0 Å². The van der Waals surface area contributed by atoms with Gasteiger partial charge in [0.2, 0.25) is 17.6 Å². The number of carbonyl (C=O) groups excluding carboxylic acids is 5. The Morgan fingerprint density at radius 3 is 2.67 bits per heavy atom. The van der Waals surface area contributed by atoms with Crippen LogP contribution in [0.4, 0.5) is 5.69 Å². The third-order valence-electron chi connectivity index (χ3n) is 8.23. The molecule has 4 amide bonds. The molecule has 0 saturated heterocycles. The van der Waals surface area contributed by atoms with Gasteiger partial charge in [-0.1, -0.05) is 19.8 Å². The Bertz CT molecular complexity index is 1420. The quantitative estimate of drug-likeness (QED) is 0.253. The lowest BCUT2D eigenvalue weighted by atomic mass is 9.65. The van der Waals surface area contributed by atoms with Crippen LogP contribution in [0.5, 0.6) is 0 Å². The number of pyridine rings is 1. The van der Waals surface area contributed by atoms with Crippen LogP contribution >= 0.6 is 27.3 Å². The highest BCUT2D eigenvalue weighted by Gasteiger charge is 2.38. The summed E-state index contributed by atoms with van der Waals surface area (Å²) in [4.78, 5) is 76.9. The maximum atomic E-state index is 13.3. The lowest BCUT2D eigenvalue weighted by molar-refractivity contribution is -0.138. The highest BCUT2D eigenvalue weighted by Crippen LogP contribution is 2.42. The Kier molecular flexibility index (Phi) is 11.3.